The molecule has 5 heteroatoms. The van der Waals surface area contributed by atoms with E-state index in [1.54, 1.807) is 6.92 Å². The van der Waals surface area contributed by atoms with Gasteiger partial charge in [0.15, 0.2) is 5.78 Å². The van der Waals surface area contributed by atoms with E-state index in [0.29, 0.717) is 11.3 Å². The van der Waals surface area contributed by atoms with Crippen molar-refractivity contribution in [2.75, 3.05) is 5.73 Å². The first-order chi connectivity index (χ1) is 6.93. The van der Waals surface area contributed by atoms with Crippen LogP contribution in [0.25, 0.3) is 0 Å². The largest absolute Gasteiger partial charge is 0.434 e. The van der Waals surface area contributed by atoms with E-state index in [1.165, 1.54) is 19.1 Å². The third-order valence-corrected chi connectivity index (χ3v) is 2.04. The van der Waals surface area contributed by atoms with Crippen molar-refractivity contribution in [3.8, 4) is 5.75 Å². The summed E-state index contributed by atoms with van der Waals surface area (Å²) in [5, 5.41) is 0. The predicted molar refractivity (Wildman–Crippen MR) is 52.2 cm³/mol. The van der Waals surface area contributed by atoms with Crippen molar-refractivity contribution in [3.05, 3.63) is 23.3 Å². The highest BCUT2D eigenvalue weighted by atomic mass is 19.3. The smallest absolute Gasteiger partial charge is 0.387 e. The lowest BCUT2D eigenvalue weighted by atomic mass is 10.0. The molecule has 0 aromatic heterocycles. The highest BCUT2D eigenvalue weighted by Gasteiger charge is 2.16. The number of Topliss-reactive ketones (excluding diaryl/α,β-unsaturated/α-hetero) is 1. The second-order valence-electron chi connectivity index (χ2n) is 3.09. The molecule has 0 fully saturated rings. The lowest BCUT2D eigenvalue weighted by molar-refractivity contribution is -0.0501. The summed E-state index contributed by atoms with van der Waals surface area (Å²) in [6.45, 7) is -0.0871. The fraction of sp³-hybridized carbons (Fsp3) is 0.300. The van der Waals surface area contributed by atoms with Crippen molar-refractivity contribution in [2.24, 2.45) is 0 Å². The summed E-state index contributed by atoms with van der Waals surface area (Å²) >= 11 is 0. The lowest BCUT2D eigenvalue weighted by Crippen LogP contribution is -2.09. The number of halogens is 2. The second-order valence-corrected chi connectivity index (χ2v) is 3.09. The SMILES string of the molecule is CC(=O)c1c(OC(F)F)ccc(N)c1C. The minimum Gasteiger partial charge on any atom is -0.434 e. The molecule has 0 amide bonds. The molecule has 3 nitrogen and oxygen atoms in total. The maximum atomic E-state index is 12.0. The van der Waals surface area contributed by atoms with Crippen molar-refractivity contribution in [1.29, 1.82) is 0 Å². The molecule has 82 valence electrons. The van der Waals surface area contributed by atoms with Crippen LogP contribution in [0.1, 0.15) is 22.8 Å². The molecular weight excluding hydrogens is 204 g/mol. The van der Waals surface area contributed by atoms with Gasteiger partial charge in [-0.2, -0.15) is 8.78 Å². The molecule has 0 aliphatic heterocycles. The number of anilines is 1. The molecule has 1 aromatic rings. The topological polar surface area (TPSA) is 52.3 Å². The molecule has 0 spiro atoms. The lowest BCUT2D eigenvalue weighted by Gasteiger charge is -2.12. The molecule has 0 saturated carbocycles. The minimum absolute atomic E-state index is 0.107. The van der Waals surface area contributed by atoms with Gasteiger partial charge in [0.1, 0.15) is 5.75 Å². The van der Waals surface area contributed by atoms with E-state index in [1.807, 2.05) is 0 Å². The van der Waals surface area contributed by atoms with E-state index >= 15 is 0 Å². The third-order valence-electron chi connectivity index (χ3n) is 2.04. The summed E-state index contributed by atoms with van der Waals surface area (Å²) in [4.78, 5) is 11.2. The van der Waals surface area contributed by atoms with Crippen LogP contribution in [0.15, 0.2) is 12.1 Å². The summed E-state index contributed by atoms with van der Waals surface area (Å²) in [6, 6.07) is 2.70. The Morgan fingerprint density at radius 2 is 2.07 bits per heavy atom. The van der Waals surface area contributed by atoms with Crippen LogP contribution >= 0.6 is 0 Å². The fourth-order valence-electron chi connectivity index (χ4n) is 1.33. The van der Waals surface area contributed by atoms with Crippen LogP contribution in [0, 0.1) is 6.92 Å². The van der Waals surface area contributed by atoms with E-state index in [0.717, 1.165) is 0 Å². The number of nitrogens with two attached hydrogens (primary N) is 1. The normalized spacial score (nSPS) is 10.5. The average molecular weight is 215 g/mol. The first-order valence-electron chi connectivity index (χ1n) is 4.28. The van der Waals surface area contributed by atoms with Crippen molar-refractivity contribution < 1.29 is 18.3 Å². The monoisotopic (exact) mass is 215 g/mol. The predicted octanol–water partition coefficient (Wildman–Crippen LogP) is 2.38. The van der Waals surface area contributed by atoms with Crippen LogP contribution in [-0.4, -0.2) is 12.4 Å². The Balaban J connectivity index is 3.27. The molecule has 15 heavy (non-hydrogen) atoms. The van der Waals surface area contributed by atoms with Gasteiger partial charge in [-0.1, -0.05) is 0 Å². The van der Waals surface area contributed by atoms with Gasteiger partial charge < -0.3 is 10.5 Å². The number of carbonyl (C=O) groups is 1. The van der Waals surface area contributed by atoms with Gasteiger partial charge in [0.05, 0.1) is 5.56 Å². The van der Waals surface area contributed by atoms with E-state index in [-0.39, 0.29) is 17.1 Å². The summed E-state index contributed by atoms with van der Waals surface area (Å²) in [5.74, 6) is -0.486. The van der Waals surface area contributed by atoms with Crippen LogP contribution in [0.5, 0.6) is 5.75 Å². The van der Waals surface area contributed by atoms with Gasteiger partial charge in [0.25, 0.3) is 0 Å². The molecule has 0 unspecified atom stereocenters. The van der Waals surface area contributed by atoms with Crippen molar-refractivity contribution in [1.82, 2.24) is 0 Å². The fourth-order valence-corrected chi connectivity index (χ4v) is 1.33. The highest BCUT2D eigenvalue weighted by molar-refractivity contribution is 5.99. The number of rotatable bonds is 3. The van der Waals surface area contributed by atoms with Crippen LogP contribution < -0.4 is 10.5 Å². The summed E-state index contributed by atoms with van der Waals surface area (Å²) in [7, 11) is 0. The van der Waals surface area contributed by atoms with Gasteiger partial charge in [-0.3, -0.25) is 4.79 Å². The molecule has 0 saturated heterocycles. The van der Waals surface area contributed by atoms with Crippen LogP contribution in [0.2, 0.25) is 0 Å². The molecule has 0 radical (unpaired) electrons. The maximum absolute atomic E-state index is 12.0. The third kappa shape index (κ3) is 2.43. The highest BCUT2D eigenvalue weighted by Crippen LogP contribution is 2.28. The van der Waals surface area contributed by atoms with Crippen LogP contribution in [-0.2, 0) is 0 Å². The van der Waals surface area contributed by atoms with Crippen LogP contribution in [0.3, 0.4) is 0 Å². The zero-order valence-electron chi connectivity index (χ0n) is 8.38. The molecule has 0 bridgehead atoms. The molecule has 0 heterocycles. The number of nitrogen functional groups attached to an aromatic ring is 1. The summed E-state index contributed by atoms with van der Waals surface area (Å²) < 4.78 is 28.3. The number of hydrogen-bond acceptors (Lipinski definition) is 3. The van der Waals surface area contributed by atoms with E-state index < -0.39 is 6.61 Å². The Bertz CT molecular complexity index is 391. The van der Waals surface area contributed by atoms with Gasteiger partial charge in [0, 0.05) is 5.69 Å². The van der Waals surface area contributed by atoms with E-state index in [2.05, 4.69) is 4.74 Å². The van der Waals surface area contributed by atoms with Gasteiger partial charge in [-0.25, -0.2) is 0 Å². The number of carbonyl (C=O) groups excluding carboxylic acids is 1. The van der Waals surface area contributed by atoms with Gasteiger partial charge in [-0.05, 0) is 31.5 Å². The number of hydrogen-bond donors (Lipinski definition) is 1. The Hall–Kier alpha value is -1.65. The maximum Gasteiger partial charge on any atom is 0.387 e. The summed E-state index contributed by atoms with van der Waals surface area (Å²) in [6.07, 6.45) is 0. The average Bonchev–Trinajstić information content (AvgIpc) is 2.10. The van der Waals surface area contributed by atoms with Crippen molar-refractivity contribution in [2.45, 2.75) is 20.5 Å². The number of ketones is 1. The quantitative estimate of drug-likeness (QED) is 0.622. The van der Waals surface area contributed by atoms with Gasteiger partial charge >= 0.3 is 6.61 Å². The molecular formula is C10H11F2NO2. The molecule has 0 aliphatic carbocycles. The molecule has 0 aliphatic rings. The van der Waals surface area contributed by atoms with E-state index in [9.17, 15) is 13.6 Å². The van der Waals surface area contributed by atoms with Crippen molar-refractivity contribution in [3.63, 3.8) is 0 Å². The molecule has 1 aromatic carbocycles. The van der Waals surface area contributed by atoms with Crippen LogP contribution in [0.4, 0.5) is 14.5 Å². The Labute approximate surface area is 85.8 Å². The summed E-state index contributed by atoms with van der Waals surface area (Å²) in [5.41, 5.74) is 6.51. The Morgan fingerprint density at radius 3 is 2.53 bits per heavy atom. The number of ether oxygens (including phenoxy) is 1. The number of alkyl halides is 2. The zero-order chi connectivity index (χ0) is 11.6. The van der Waals surface area contributed by atoms with E-state index in [4.69, 9.17) is 5.73 Å². The first-order valence-corrected chi connectivity index (χ1v) is 4.28. The zero-order valence-corrected chi connectivity index (χ0v) is 8.38. The first kappa shape index (κ1) is 11.4. The standard InChI is InChI=1S/C10H11F2NO2/c1-5-7(13)3-4-8(15-10(11)12)9(5)6(2)14/h3-4,10H,13H2,1-2H3. The Morgan fingerprint density at radius 1 is 1.47 bits per heavy atom. The molecule has 2 N–H and O–H groups in total. The number of benzene rings is 1. The van der Waals surface area contributed by atoms with Gasteiger partial charge in [0.2, 0.25) is 0 Å². The molecule has 0 atom stereocenters. The second kappa shape index (κ2) is 4.25. The van der Waals surface area contributed by atoms with Crippen molar-refractivity contribution >= 4 is 11.5 Å². The Kier molecular flexibility index (Phi) is 3.24. The molecule has 1 rings (SSSR count). The van der Waals surface area contributed by atoms with Gasteiger partial charge in [-0.15, -0.1) is 0 Å². The minimum atomic E-state index is -2.95.